The Bertz CT molecular complexity index is 900. The summed E-state index contributed by atoms with van der Waals surface area (Å²) in [5.41, 5.74) is 2.15. The Labute approximate surface area is 175 Å². The first kappa shape index (κ1) is 22.4. The maximum atomic E-state index is 12.1. The summed E-state index contributed by atoms with van der Waals surface area (Å²) >= 11 is 5.86. The fraction of sp³-hybridized carbons (Fsp3) is 0.318. The molecule has 2 rings (SSSR count). The first-order valence-electron chi connectivity index (χ1n) is 9.05. The van der Waals surface area contributed by atoms with E-state index < -0.39 is 24.4 Å². The van der Waals surface area contributed by atoms with Gasteiger partial charge < -0.3 is 9.47 Å². The quantitative estimate of drug-likeness (QED) is 0.722. The van der Waals surface area contributed by atoms with E-state index in [2.05, 4.69) is 26.1 Å². The molecule has 0 fully saturated rings. The number of carbonyl (C=O) groups excluding carboxylic acids is 3. The molecule has 0 atom stereocenters. The molecule has 0 aliphatic rings. The first-order valence-corrected chi connectivity index (χ1v) is 9.43. The number of halogens is 1. The minimum atomic E-state index is -0.725. The Kier molecular flexibility index (Phi) is 7.40. The number of hydrogen-bond acceptors (Lipinski definition) is 5. The van der Waals surface area contributed by atoms with E-state index in [0.29, 0.717) is 16.3 Å². The van der Waals surface area contributed by atoms with E-state index >= 15 is 0 Å². The summed E-state index contributed by atoms with van der Waals surface area (Å²) in [5, 5.41) is 2.75. The van der Waals surface area contributed by atoms with Gasteiger partial charge in [-0.3, -0.25) is 14.9 Å². The second kappa shape index (κ2) is 9.56. The predicted octanol–water partition coefficient (Wildman–Crippen LogP) is 3.82. The van der Waals surface area contributed by atoms with Gasteiger partial charge in [-0.2, -0.15) is 0 Å². The van der Waals surface area contributed by atoms with Crippen LogP contribution >= 0.6 is 11.6 Å². The Hall–Kier alpha value is -2.86. The second-order valence-corrected chi connectivity index (χ2v) is 8.00. The molecule has 6 nitrogen and oxygen atoms in total. The number of benzene rings is 2. The molecule has 0 spiro atoms. The number of hydrogen-bond donors (Lipinski definition) is 1. The molecule has 0 heterocycles. The molecule has 2 aromatic carbocycles. The lowest BCUT2D eigenvalue weighted by Crippen LogP contribution is -2.34. The second-order valence-electron chi connectivity index (χ2n) is 7.56. The van der Waals surface area contributed by atoms with E-state index in [1.807, 2.05) is 12.1 Å². The average Bonchev–Trinajstić information content (AvgIpc) is 2.65. The summed E-state index contributed by atoms with van der Waals surface area (Å²) < 4.78 is 10.2. The minimum absolute atomic E-state index is 0.0361. The predicted molar refractivity (Wildman–Crippen MR) is 110 cm³/mol. The molecule has 0 saturated carbocycles. The van der Waals surface area contributed by atoms with Gasteiger partial charge in [0.1, 0.15) is 5.75 Å². The van der Waals surface area contributed by atoms with E-state index in [1.54, 1.807) is 37.3 Å². The topological polar surface area (TPSA) is 81.7 Å². The van der Waals surface area contributed by atoms with Gasteiger partial charge in [0.15, 0.2) is 13.2 Å². The third-order valence-electron chi connectivity index (χ3n) is 4.11. The van der Waals surface area contributed by atoms with Gasteiger partial charge >= 0.3 is 5.97 Å². The van der Waals surface area contributed by atoms with Crippen LogP contribution < -0.4 is 10.1 Å². The lowest BCUT2D eigenvalue weighted by atomic mass is 9.87. The Balaban J connectivity index is 1.78. The highest BCUT2D eigenvalue weighted by Crippen LogP contribution is 2.22. The zero-order valence-corrected chi connectivity index (χ0v) is 17.6. The average molecular weight is 418 g/mol. The van der Waals surface area contributed by atoms with Crippen molar-refractivity contribution in [1.82, 2.24) is 5.32 Å². The fourth-order valence-electron chi connectivity index (χ4n) is 2.46. The van der Waals surface area contributed by atoms with Crippen LogP contribution in [-0.4, -0.2) is 31.0 Å². The highest BCUT2D eigenvalue weighted by molar-refractivity contribution is 6.30. The van der Waals surface area contributed by atoms with Crippen LogP contribution in [0.15, 0.2) is 42.5 Å². The zero-order valence-electron chi connectivity index (χ0n) is 16.9. The minimum Gasteiger partial charge on any atom is -0.482 e. The van der Waals surface area contributed by atoms with Crippen LogP contribution in [-0.2, 0) is 19.7 Å². The molecule has 0 bridgehead atoms. The van der Waals surface area contributed by atoms with Crippen LogP contribution in [0.5, 0.6) is 5.75 Å². The number of esters is 1. The summed E-state index contributed by atoms with van der Waals surface area (Å²) in [6.07, 6.45) is 0. The summed E-state index contributed by atoms with van der Waals surface area (Å²) in [5.74, 6) is -1.51. The Morgan fingerprint density at radius 3 is 2.24 bits per heavy atom. The van der Waals surface area contributed by atoms with E-state index in [0.717, 1.165) is 11.1 Å². The lowest BCUT2D eigenvalue weighted by molar-refractivity contribution is -0.150. The van der Waals surface area contributed by atoms with Crippen molar-refractivity contribution in [1.29, 1.82) is 0 Å². The van der Waals surface area contributed by atoms with E-state index in [-0.39, 0.29) is 12.0 Å². The summed E-state index contributed by atoms with van der Waals surface area (Å²) in [6, 6.07) is 12.0. The highest BCUT2D eigenvalue weighted by atomic mass is 35.5. The molecule has 0 aliphatic heterocycles. The Morgan fingerprint density at radius 2 is 1.66 bits per heavy atom. The van der Waals surface area contributed by atoms with Gasteiger partial charge in [-0.25, -0.2) is 4.79 Å². The molecular formula is C22H24ClNO5. The lowest BCUT2D eigenvalue weighted by Gasteiger charge is -2.19. The number of ether oxygens (including phenoxy) is 2. The highest BCUT2D eigenvalue weighted by Gasteiger charge is 2.16. The van der Waals surface area contributed by atoms with Crippen molar-refractivity contribution in [2.75, 3.05) is 13.2 Å². The molecule has 154 valence electrons. The molecule has 0 unspecified atom stereocenters. The van der Waals surface area contributed by atoms with Crippen LogP contribution in [0, 0.1) is 6.92 Å². The summed E-state index contributed by atoms with van der Waals surface area (Å²) in [4.78, 5) is 35.7. The molecule has 2 aromatic rings. The van der Waals surface area contributed by atoms with Crippen molar-refractivity contribution in [3.8, 4) is 5.75 Å². The maximum absolute atomic E-state index is 12.1. The van der Waals surface area contributed by atoms with Gasteiger partial charge in [0.25, 0.3) is 11.8 Å². The van der Waals surface area contributed by atoms with Crippen molar-refractivity contribution in [3.63, 3.8) is 0 Å². The molecule has 1 N–H and O–H groups in total. The molecule has 0 aliphatic carbocycles. The molecule has 0 radical (unpaired) electrons. The number of nitrogens with one attached hydrogen (secondary N) is 1. The van der Waals surface area contributed by atoms with Gasteiger partial charge in [0.05, 0.1) is 0 Å². The van der Waals surface area contributed by atoms with Crippen molar-refractivity contribution < 1.29 is 23.9 Å². The van der Waals surface area contributed by atoms with Crippen molar-refractivity contribution in [2.45, 2.75) is 33.1 Å². The fourth-order valence-corrected chi connectivity index (χ4v) is 2.68. The standard InChI is InChI=1S/C22H24ClNO5/c1-14-11-17(23)9-10-18(14)28-13-20(26)29-12-19(25)24-21(27)15-5-7-16(8-6-15)22(2,3)4/h5-11H,12-13H2,1-4H3,(H,24,25,27). The number of amides is 2. The van der Waals surface area contributed by atoms with Crippen molar-refractivity contribution in [2.24, 2.45) is 0 Å². The monoisotopic (exact) mass is 417 g/mol. The van der Waals surface area contributed by atoms with Gasteiger partial charge in [-0.1, -0.05) is 44.5 Å². The van der Waals surface area contributed by atoms with E-state index in [9.17, 15) is 14.4 Å². The zero-order chi connectivity index (χ0) is 21.6. The third kappa shape index (κ3) is 6.91. The number of aryl methyl sites for hydroxylation is 1. The van der Waals surface area contributed by atoms with Crippen LogP contribution in [0.2, 0.25) is 5.02 Å². The largest absolute Gasteiger partial charge is 0.482 e. The van der Waals surface area contributed by atoms with Gasteiger partial charge in [0, 0.05) is 10.6 Å². The summed E-state index contributed by atoms with van der Waals surface area (Å²) in [6.45, 7) is 7.05. The van der Waals surface area contributed by atoms with Gasteiger partial charge in [-0.15, -0.1) is 0 Å². The molecule has 0 aromatic heterocycles. The van der Waals surface area contributed by atoms with Crippen LogP contribution in [0.1, 0.15) is 42.3 Å². The summed E-state index contributed by atoms with van der Waals surface area (Å²) in [7, 11) is 0. The van der Waals surface area contributed by atoms with Crippen molar-refractivity contribution in [3.05, 3.63) is 64.2 Å². The first-order chi connectivity index (χ1) is 13.6. The van der Waals surface area contributed by atoms with E-state index in [1.165, 1.54) is 0 Å². The Morgan fingerprint density at radius 1 is 1.00 bits per heavy atom. The molecule has 0 saturated heterocycles. The maximum Gasteiger partial charge on any atom is 0.344 e. The molecule has 29 heavy (non-hydrogen) atoms. The normalized spacial score (nSPS) is 10.9. The number of imide groups is 1. The van der Waals surface area contributed by atoms with E-state index in [4.69, 9.17) is 21.1 Å². The number of carbonyl (C=O) groups is 3. The van der Waals surface area contributed by atoms with Gasteiger partial charge in [0.2, 0.25) is 0 Å². The number of rotatable bonds is 6. The van der Waals surface area contributed by atoms with Crippen molar-refractivity contribution >= 4 is 29.4 Å². The SMILES string of the molecule is Cc1cc(Cl)ccc1OCC(=O)OCC(=O)NC(=O)c1ccc(C(C)(C)C)cc1. The third-order valence-corrected chi connectivity index (χ3v) is 4.35. The molecular weight excluding hydrogens is 394 g/mol. The van der Waals surface area contributed by atoms with Crippen LogP contribution in [0.3, 0.4) is 0 Å². The van der Waals surface area contributed by atoms with Crippen LogP contribution in [0.4, 0.5) is 0 Å². The smallest absolute Gasteiger partial charge is 0.344 e. The van der Waals surface area contributed by atoms with Gasteiger partial charge in [-0.05, 0) is 53.8 Å². The molecule has 2 amide bonds. The van der Waals surface area contributed by atoms with Crippen LogP contribution in [0.25, 0.3) is 0 Å². The molecule has 7 heteroatoms.